The summed E-state index contributed by atoms with van der Waals surface area (Å²) in [6, 6.07) is 26.4. The zero-order chi connectivity index (χ0) is 28.2. The van der Waals surface area contributed by atoms with Crippen molar-refractivity contribution in [2.45, 2.75) is 51.3 Å². The highest BCUT2D eigenvalue weighted by Crippen LogP contribution is 2.28. The van der Waals surface area contributed by atoms with E-state index < -0.39 is 0 Å². The van der Waals surface area contributed by atoms with Crippen LogP contribution in [0, 0.1) is 18.3 Å². The van der Waals surface area contributed by atoms with Gasteiger partial charge in [-0.3, -0.25) is 9.69 Å². The summed E-state index contributed by atoms with van der Waals surface area (Å²) >= 11 is 0. The maximum atomic E-state index is 13.0. The molecule has 0 radical (unpaired) electrons. The molecule has 1 amide bonds. The standard InChI is InChI=1S/C34H36N4O3/c1-24-2-9-29(10-3-24)38-18-14-30(15-19-38)40-31-11-8-27-20-33(41-32(27)21-31)34(39)36-28-12-16-37(17-13-28)23-26-6-4-25(22-35)5-7-26/h2-11,20-21,28,30H,12-19,23H2,1H3,(H,36,39). The van der Waals surface area contributed by atoms with E-state index in [0.29, 0.717) is 16.9 Å². The lowest BCUT2D eigenvalue weighted by Crippen LogP contribution is -2.44. The number of aryl methyl sites for hydroxylation is 1. The number of anilines is 1. The molecule has 7 nitrogen and oxygen atoms in total. The molecular formula is C34H36N4O3. The zero-order valence-electron chi connectivity index (χ0n) is 23.5. The summed E-state index contributed by atoms with van der Waals surface area (Å²) in [5, 5.41) is 13.0. The van der Waals surface area contributed by atoms with Crippen molar-refractivity contribution in [1.82, 2.24) is 10.2 Å². The molecule has 2 saturated heterocycles. The maximum absolute atomic E-state index is 13.0. The number of hydrogen-bond donors (Lipinski definition) is 1. The van der Waals surface area contributed by atoms with Gasteiger partial charge in [0, 0.05) is 68.7 Å². The van der Waals surface area contributed by atoms with Gasteiger partial charge in [-0.25, -0.2) is 0 Å². The molecule has 6 rings (SSSR count). The fourth-order valence-electron chi connectivity index (χ4n) is 5.81. The number of nitriles is 1. The Kier molecular flexibility index (Phi) is 7.93. The summed E-state index contributed by atoms with van der Waals surface area (Å²) in [6.07, 6.45) is 3.87. The van der Waals surface area contributed by atoms with Crippen molar-refractivity contribution in [1.29, 1.82) is 5.26 Å². The summed E-state index contributed by atoms with van der Waals surface area (Å²) in [5.41, 5.74) is 5.09. The molecule has 1 N–H and O–H groups in total. The number of piperidine rings is 2. The van der Waals surface area contributed by atoms with E-state index in [1.54, 1.807) is 0 Å². The van der Waals surface area contributed by atoms with Crippen molar-refractivity contribution in [3.8, 4) is 11.8 Å². The quantitative estimate of drug-likeness (QED) is 0.303. The molecule has 0 spiro atoms. The predicted octanol–water partition coefficient (Wildman–Crippen LogP) is 6.06. The van der Waals surface area contributed by atoms with Crippen LogP contribution in [0.2, 0.25) is 0 Å². The Hall–Kier alpha value is -4.28. The summed E-state index contributed by atoms with van der Waals surface area (Å²) in [6.45, 7) is 6.73. The van der Waals surface area contributed by atoms with Crippen LogP contribution in [0.1, 0.15) is 52.9 Å². The van der Waals surface area contributed by atoms with Crippen molar-refractivity contribution in [2.75, 3.05) is 31.1 Å². The van der Waals surface area contributed by atoms with E-state index in [1.165, 1.54) is 16.8 Å². The van der Waals surface area contributed by atoms with E-state index in [0.717, 1.165) is 69.5 Å². The zero-order valence-corrected chi connectivity index (χ0v) is 23.5. The second-order valence-corrected chi connectivity index (χ2v) is 11.3. The first-order chi connectivity index (χ1) is 20.0. The number of ether oxygens (including phenoxy) is 1. The van der Waals surface area contributed by atoms with Crippen molar-refractivity contribution < 1.29 is 13.9 Å². The predicted molar refractivity (Wildman–Crippen MR) is 160 cm³/mol. The number of carbonyl (C=O) groups is 1. The molecule has 41 heavy (non-hydrogen) atoms. The van der Waals surface area contributed by atoms with E-state index in [9.17, 15) is 4.79 Å². The Morgan fingerprint density at radius 2 is 1.68 bits per heavy atom. The smallest absolute Gasteiger partial charge is 0.287 e. The van der Waals surface area contributed by atoms with Crippen molar-refractivity contribution >= 4 is 22.6 Å². The van der Waals surface area contributed by atoms with Gasteiger partial charge in [0.25, 0.3) is 5.91 Å². The van der Waals surface area contributed by atoms with Gasteiger partial charge in [-0.2, -0.15) is 5.26 Å². The van der Waals surface area contributed by atoms with Crippen LogP contribution < -0.4 is 15.0 Å². The SMILES string of the molecule is Cc1ccc(N2CCC(Oc3ccc4cc(C(=O)NC5CCN(Cc6ccc(C#N)cc6)CC5)oc4c3)CC2)cc1. The highest BCUT2D eigenvalue weighted by molar-refractivity contribution is 5.96. The van der Waals surface area contributed by atoms with Gasteiger partial charge in [0.1, 0.15) is 17.4 Å². The van der Waals surface area contributed by atoms with Crippen LogP contribution in [0.15, 0.2) is 77.2 Å². The molecule has 7 heteroatoms. The van der Waals surface area contributed by atoms with Gasteiger partial charge < -0.3 is 19.4 Å². The molecule has 0 atom stereocenters. The number of nitrogens with zero attached hydrogens (tertiary/aromatic N) is 3. The maximum Gasteiger partial charge on any atom is 0.287 e. The molecule has 0 aliphatic carbocycles. The summed E-state index contributed by atoms with van der Waals surface area (Å²) in [7, 11) is 0. The minimum absolute atomic E-state index is 0.123. The van der Waals surface area contributed by atoms with Gasteiger partial charge in [-0.15, -0.1) is 0 Å². The van der Waals surface area contributed by atoms with Crippen LogP contribution in [0.25, 0.3) is 11.0 Å². The van der Waals surface area contributed by atoms with Gasteiger partial charge in [0.05, 0.1) is 11.6 Å². The molecule has 1 aromatic heterocycles. The van der Waals surface area contributed by atoms with Crippen molar-refractivity contribution in [2.24, 2.45) is 0 Å². The number of carbonyl (C=O) groups excluding carboxylic acids is 1. The Morgan fingerprint density at radius 3 is 2.39 bits per heavy atom. The Balaban J connectivity index is 0.987. The Bertz CT molecular complexity index is 1520. The summed E-state index contributed by atoms with van der Waals surface area (Å²) in [5.74, 6) is 0.948. The van der Waals surface area contributed by atoms with Gasteiger partial charge in [0.15, 0.2) is 5.76 Å². The van der Waals surface area contributed by atoms with E-state index in [2.05, 4.69) is 52.4 Å². The lowest BCUT2D eigenvalue weighted by atomic mass is 10.0. The second kappa shape index (κ2) is 12.1. The normalized spacial score (nSPS) is 16.9. The molecule has 2 fully saturated rings. The van der Waals surface area contributed by atoms with E-state index in [4.69, 9.17) is 14.4 Å². The highest BCUT2D eigenvalue weighted by atomic mass is 16.5. The number of fused-ring (bicyclic) bond motifs is 1. The Morgan fingerprint density at radius 1 is 0.951 bits per heavy atom. The third kappa shape index (κ3) is 6.55. The van der Waals surface area contributed by atoms with Crippen LogP contribution >= 0.6 is 0 Å². The molecule has 2 aliphatic heterocycles. The number of likely N-dealkylation sites (tertiary alicyclic amines) is 1. The molecule has 0 unspecified atom stereocenters. The average molecular weight is 549 g/mol. The number of hydrogen-bond acceptors (Lipinski definition) is 6. The van der Waals surface area contributed by atoms with Crippen LogP contribution in [0.5, 0.6) is 5.75 Å². The number of furan rings is 1. The molecule has 2 aliphatic rings. The van der Waals surface area contributed by atoms with Crippen LogP contribution in [-0.2, 0) is 6.54 Å². The topological polar surface area (TPSA) is 81.7 Å². The fraction of sp³-hybridized carbons (Fsp3) is 0.353. The third-order valence-corrected chi connectivity index (χ3v) is 8.27. The third-order valence-electron chi connectivity index (χ3n) is 8.27. The van der Waals surface area contributed by atoms with Crippen LogP contribution in [0.3, 0.4) is 0 Å². The van der Waals surface area contributed by atoms with Crippen molar-refractivity contribution in [3.05, 3.63) is 95.2 Å². The molecule has 210 valence electrons. The molecule has 3 heterocycles. The number of amides is 1. The van der Waals surface area contributed by atoms with E-state index in [1.807, 2.05) is 48.5 Å². The number of rotatable bonds is 7. The first-order valence-corrected chi connectivity index (χ1v) is 14.6. The first kappa shape index (κ1) is 26.9. The molecule has 0 bridgehead atoms. The molecule has 4 aromatic rings. The number of nitrogens with one attached hydrogen (secondary N) is 1. The minimum atomic E-state index is -0.169. The lowest BCUT2D eigenvalue weighted by molar-refractivity contribution is 0.0883. The monoisotopic (exact) mass is 548 g/mol. The second-order valence-electron chi connectivity index (χ2n) is 11.3. The molecular weight excluding hydrogens is 512 g/mol. The minimum Gasteiger partial charge on any atom is -0.490 e. The van der Waals surface area contributed by atoms with Crippen molar-refractivity contribution in [3.63, 3.8) is 0 Å². The summed E-state index contributed by atoms with van der Waals surface area (Å²) < 4.78 is 12.3. The van der Waals surface area contributed by atoms with Gasteiger partial charge >= 0.3 is 0 Å². The largest absolute Gasteiger partial charge is 0.490 e. The Labute approximate surface area is 241 Å². The highest BCUT2D eigenvalue weighted by Gasteiger charge is 2.24. The van der Waals surface area contributed by atoms with Gasteiger partial charge in [-0.05, 0) is 67.8 Å². The average Bonchev–Trinajstić information content (AvgIpc) is 3.43. The van der Waals surface area contributed by atoms with Crippen LogP contribution in [0.4, 0.5) is 5.69 Å². The number of benzene rings is 3. The molecule has 3 aromatic carbocycles. The summed E-state index contributed by atoms with van der Waals surface area (Å²) in [4.78, 5) is 17.8. The van der Waals surface area contributed by atoms with Gasteiger partial charge in [-0.1, -0.05) is 29.8 Å². The fourth-order valence-corrected chi connectivity index (χ4v) is 5.81. The lowest BCUT2D eigenvalue weighted by Gasteiger charge is -2.33. The van der Waals surface area contributed by atoms with Crippen LogP contribution in [-0.4, -0.2) is 49.1 Å². The first-order valence-electron chi connectivity index (χ1n) is 14.6. The van der Waals surface area contributed by atoms with Gasteiger partial charge in [0.2, 0.25) is 0 Å². The molecule has 0 saturated carbocycles. The van der Waals surface area contributed by atoms with E-state index in [-0.39, 0.29) is 18.1 Å². The van der Waals surface area contributed by atoms with E-state index >= 15 is 0 Å².